The zero-order valence-corrected chi connectivity index (χ0v) is 25.3. The smallest absolute Gasteiger partial charge is 0.282 e. The highest BCUT2D eigenvalue weighted by molar-refractivity contribution is 7.97. The van der Waals surface area contributed by atoms with Gasteiger partial charge < -0.3 is 15.1 Å². The first-order chi connectivity index (χ1) is 18.4. The summed E-state index contributed by atoms with van der Waals surface area (Å²) in [4.78, 5) is 6.01. The first-order valence-corrected chi connectivity index (χ1v) is 17.0. The molecule has 0 atom stereocenters. The third-order valence-electron chi connectivity index (χ3n) is 8.14. The summed E-state index contributed by atoms with van der Waals surface area (Å²) in [6, 6.07) is 8.75. The molecule has 2 saturated heterocycles. The van der Waals surface area contributed by atoms with E-state index in [1.165, 1.54) is 49.2 Å². The number of nitrogens with zero attached hydrogens (tertiary/aromatic N) is 5. The highest BCUT2D eigenvalue weighted by Crippen LogP contribution is 2.27. The molecule has 216 valence electrons. The van der Waals surface area contributed by atoms with Crippen molar-refractivity contribution in [2.75, 3.05) is 91.0 Å². The average molecular weight is 567 g/mol. The fourth-order valence-corrected chi connectivity index (χ4v) is 8.62. The van der Waals surface area contributed by atoms with E-state index in [2.05, 4.69) is 57.8 Å². The summed E-state index contributed by atoms with van der Waals surface area (Å²) >= 11 is 1.82. The highest BCUT2D eigenvalue weighted by Gasteiger charge is 2.30. The molecule has 8 nitrogen and oxygen atoms in total. The van der Waals surface area contributed by atoms with Crippen molar-refractivity contribution < 1.29 is 8.42 Å². The molecule has 0 unspecified atom stereocenters. The van der Waals surface area contributed by atoms with Crippen LogP contribution < -0.4 is 10.2 Å². The van der Waals surface area contributed by atoms with Gasteiger partial charge in [-0.2, -0.15) is 17.0 Å². The summed E-state index contributed by atoms with van der Waals surface area (Å²) in [5, 5.41) is 3.29. The average Bonchev–Trinajstić information content (AvgIpc) is 2.92. The molecule has 1 aromatic carbocycles. The summed E-state index contributed by atoms with van der Waals surface area (Å²) in [6.45, 7) is 8.97. The predicted molar refractivity (Wildman–Crippen MR) is 160 cm³/mol. The topological polar surface area (TPSA) is 62.4 Å². The summed E-state index contributed by atoms with van der Waals surface area (Å²) < 4.78 is 33.1. The van der Waals surface area contributed by atoms with Crippen LogP contribution in [0.15, 0.2) is 29.2 Å². The molecular weight excluding hydrogens is 516 g/mol. The Labute approximate surface area is 236 Å². The van der Waals surface area contributed by atoms with Crippen LogP contribution in [0.2, 0.25) is 0 Å². The summed E-state index contributed by atoms with van der Waals surface area (Å²) in [5.41, 5.74) is 1.20. The van der Waals surface area contributed by atoms with Crippen LogP contribution in [0.3, 0.4) is 0 Å². The molecule has 0 amide bonds. The van der Waals surface area contributed by atoms with Crippen LogP contribution in [-0.2, 0) is 10.2 Å². The first kappa shape index (κ1) is 30.1. The molecule has 0 bridgehead atoms. The first-order valence-electron chi connectivity index (χ1n) is 14.8. The van der Waals surface area contributed by atoms with Crippen LogP contribution in [0.1, 0.15) is 51.4 Å². The van der Waals surface area contributed by atoms with E-state index in [9.17, 15) is 8.42 Å². The van der Waals surface area contributed by atoms with Gasteiger partial charge in [0.1, 0.15) is 0 Å². The minimum absolute atomic E-state index is 0.567. The molecular formula is C28H50N6O2S2. The van der Waals surface area contributed by atoms with Crippen LogP contribution in [0.4, 0.5) is 5.69 Å². The van der Waals surface area contributed by atoms with Gasteiger partial charge in [0, 0.05) is 83.6 Å². The molecule has 1 aromatic rings. The molecule has 1 saturated carbocycles. The highest BCUT2D eigenvalue weighted by atomic mass is 32.2. The van der Waals surface area contributed by atoms with E-state index in [0.29, 0.717) is 26.2 Å². The van der Waals surface area contributed by atoms with Gasteiger partial charge in [0.2, 0.25) is 0 Å². The lowest BCUT2D eigenvalue weighted by Crippen LogP contribution is -2.52. The van der Waals surface area contributed by atoms with Gasteiger partial charge in [0.15, 0.2) is 0 Å². The van der Waals surface area contributed by atoms with Gasteiger partial charge in [-0.1, -0.05) is 19.3 Å². The van der Waals surface area contributed by atoms with E-state index in [1.807, 2.05) is 11.9 Å². The number of nitrogens with one attached hydrogen (secondary N) is 1. The van der Waals surface area contributed by atoms with Gasteiger partial charge in [-0.15, -0.1) is 0 Å². The van der Waals surface area contributed by atoms with Gasteiger partial charge in [0.05, 0.1) is 0 Å². The summed E-state index contributed by atoms with van der Waals surface area (Å²) in [6.07, 6.45) is 9.73. The zero-order chi connectivity index (χ0) is 26.8. The molecule has 38 heavy (non-hydrogen) atoms. The summed E-state index contributed by atoms with van der Waals surface area (Å²) in [7, 11) is 0.705. The van der Waals surface area contributed by atoms with Gasteiger partial charge in [-0.25, -0.2) is 4.31 Å². The van der Waals surface area contributed by atoms with Crippen molar-refractivity contribution in [1.82, 2.24) is 23.1 Å². The standard InChI is InChI=1S/C28H50N6O2S2/c1-30(2)27-11-13-28(14-12-27)37-32-19-6-17-31(25-26-9-4-3-5-10-26)18-7-21-33(22-8-20-32)38(35,36)34-23-15-29-16-24-34/h11-14,26,29H,3-10,15-25H2,1-2H3. The third-order valence-corrected chi connectivity index (χ3v) is 11.3. The largest absolute Gasteiger partial charge is 0.378 e. The minimum atomic E-state index is -3.43. The van der Waals surface area contributed by atoms with Crippen molar-refractivity contribution >= 4 is 27.8 Å². The second kappa shape index (κ2) is 15.2. The Morgan fingerprint density at radius 3 is 2.00 bits per heavy atom. The van der Waals surface area contributed by atoms with Crippen LogP contribution in [-0.4, -0.2) is 112 Å². The van der Waals surface area contributed by atoms with Gasteiger partial charge in [-0.3, -0.25) is 0 Å². The Bertz CT molecular complexity index is 918. The molecule has 0 spiro atoms. The van der Waals surface area contributed by atoms with E-state index < -0.39 is 10.2 Å². The predicted octanol–water partition coefficient (Wildman–Crippen LogP) is 3.58. The quantitative estimate of drug-likeness (QED) is 0.507. The number of hydrogen-bond donors (Lipinski definition) is 1. The lowest BCUT2D eigenvalue weighted by atomic mass is 9.89. The zero-order valence-electron chi connectivity index (χ0n) is 23.7. The maximum absolute atomic E-state index is 13.6. The maximum Gasteiger partial charge on any atom is 0.282 e. The Morgan fingerprint density at radius 2 is 1.37 bits per heavy atom. The molecule has 3 aliphatic rings. The Morgan fingerprint density at radius 1 is 0.789 bits per heavy atom. The fraction of sp³-hybridized carbons (Fsp3) is 0.786. The number of hydrogen-bond acceptors (Lipinski definition) is 7. The minimum Gasteiger partial charge on any atom is -0.378 e. The van der Waals surface area contributed by atoms with Crippen LogP contribution in [0, 0.1) is 5.92 Å². The van der Waals surface area contributed by atoms with Crippen molar-refractivity contribution in [3.8, 4) is 0 Å². The van der Waals surface area contributed by atoms with Crippen molar-refractivity contribution in [1.29, 1.82) is 0 Å². The van der Waals surface area contributed by atoms with Crippen molar-refractivity contribution in [3.05, 3.63) is 24.3 Å². The molecule has 1 aliphatic carbocycles. The van der Waals surface area contributed by atoms with E-state index >= 15 is 0 Å². The molecule has 2 aliphatic heterocycles. The van der Waals surface area contributed by atoms with E-state index in [4.69, 9.17) is 0 Å². The fourth-order valence-electron chi connectivity index (χ4n) is 5.93. The monoisotopic (exact) mass is 566 g/mol. The molecule has 2 heterocycles. The number of piperazine rings is 1. The number of benzene rings is 1. The van der Waals surface area contributed by atoms with Crippen molar-refractivity contribution in [3.63, 3.8) is 0 Å². The van der Waals surface area contributed by atoms with Crippen LogP contribution in [0.25, 0.3) is 0 Å². The number of anilines is 1. The van der Waals surface area contributed by atoms with Gasteiger partial charge in [0.25, 0.3) is 10.2 Å². The molecule has 4 rings (SSSR count). The van der Waals surface area contributed by atoms with E-state index in [-0.39, 0.29) is 0 Å². The Balaban J connectivity index is 1.44. The molecule has 1 N–H and O–H groups in total. The Hall–Kier alpha value is -0.880. The SMILES string of the molecule is CN(C)c1ccc(SN2CCCN(CC3CCCCC3)CCCN(S(=O)(=O)N3CCNCC3)CCC2)cc1. The van der Waals surface area contributed by atoms with Gasteiger partial charge >= 0.3 is 0 Å². The molecule has 0 aromatic heterocycles. The van der Waals surface area contributed by atoms with E-state index in [1.54, 1.807) is 8.61 Å². The van der Waals surface area contributed by atoms with Crippen molar-refractivity contribution in [2.45, 2.75) is 56.3 Å². The lowest BCUT2D eigenvalue weighted by molar-refractivity contribution is 0.185. The molecule has 3 fully saturated rings. The molecule has 10 heteroatoms. The second-order valence-electron chi connectivity index (χ2n) is 11.3. The van der Waals surface area contributed by atoms with Crippen LogP contribution >= 0.6 is 11.9 Å². The van der Waals surface area contributed by atoms with E-state index in [0.717, 1.165) is 64.4 Å². The van der Waals surface area contributed by atoms with Crippen molar-refractivity contribution in [2.24, 2.45) is 5.92 Å². The number of rotatable bonds is 7. The third kappa shape index (κ3) is 9.08. The van der Waals surface area contributed by atoms with Crippen LogP contribution in [0.5, 0.6) is 0 Å². The normalized spacial score (nSPS) is 23.5. The second-order valence-corrected chi connectivity index (χ2v) is 14.4. The molecule has 0 radical (unpaired) electrons. The van der Waals surface area contributed by atoms with Gasteiger partial charge in [-0.05, 0) is 87.3 Å². The lowest BCUT2D eigenvalue weighted by Gasteiger charge is -2.35. The maximum atomic E-state index is 13.6. The summed E-state index contributed by atoms with van der Waals surface area (Å²) in [5.74, 6) is 0.804. The Kier molecular flexibility index (Phi) is 12.0.